The number of hydrogen-bond acceptors (Lipinski definition) is 15. The van der Waals surface area contributed by atoms with Crippen molar-refractivity contribution in [1.29, 1.82) is 0 Å². The first-order valence-corrected chi connectivity index (χ1v) is 16.8. The number of carbonyl (C=O) groups is 4. The molecular formula is C26H28N10O8S3. The van der Waals surface area contributed by atoms with Crippen LogP contribution >= 0.6 is 34.9 Å². The van der Waals surface area contributed by atoms with E-state index < -0.39 is 40.2 Å². The van der Waals surface area contributed by atoms with Gasteiger partial charge in [-0.25, -0.2) is 19.3 Å². The van der Waals surface area contributed by atoms with E-state index >= 15 is 0 Å². The molecule has 0 bridgehead atoms. The van der Waals surface area contributed by atoms with Gasteiger partial charge in [0.15, 0.2) is 5.13 Å². The van der Waals surface area contributed by atoms with E-state index in [9.17, 15) is 34.4 Å². The Hall–Kier alpha value is -4.60. The molecule has 3 aromatic rings. The first-order chi connectivity index (χ1) is 22.5. The lowest BCUT2D eigenvalue weighted by molar-refractivity contribution is -0.384. The third-order valence-corrected chi connectivity index (χ3v) is 10.0. The van der Waals surface area contributed by atoms with Gasteiger partial charge < -0.3 is 20.1 Å². The second-order valence-electron chi connectivity index (χ2n) is 10.4. The summed E-state index contributed by atoms with van der Waals surface area (Å²) < 4.78 is 6.76. The van der Waals surface area contributed by atoms with Gasteiger partial charge in [0.05, 0.1) is 23.6 Å². The lowest BCUT2D eigenvalue weighted by Gasteiger charge is -2.49. The molecule has 4 heterocycles. The number of amides is 3. The number of carbonyl (C=O) groups excluding carboxylic acids is 3. The molecule has 248 valence electrons. The molecule has 18 nitrogen and oxygen atoms in total. The minimum Gasteiger partial charge on any atom is -0.477 e. The highest BCUT2D eigenvalue weighted by Gasteiger charge is 2.54. The fourth-order valence-electron chi connectivity index (χ4n) is 4.50. The van der Waals surface area contributed by atoms with Crippen molar-refractivity contribution in [2.24, 2.45) is 0 Å². The molecule has 1 saturated heterocycles. The van der Waals surface area contributed by atoms with E-state index in [1.54, 1.807) is 10.1 Å². The summed E-state index contributed by atoms with van der Waals surface area (Å²) in [6, 6.07) is 4.65. The van der Waals surface area contributed by atoms with E-state index in [0.717, 1.165) is 17.9 Å². The Morgan fingerprint density at radius 3 is 2.72 bits per heavy atom. The van der Waals surface area contributed by atoms with Crippen molar-refractivity contribution in [2.75, 3.05) is 37.5 Å². The van der Waals surface area contributed by atoms with Crippen LogP contribution in [0.2, 0.25) is 0 Å². The number of nitrogens with zero attached hydrogens (tertiary/aromatic N) is 8. The van der Waals surface area contributed by atoms with Crippen LogP contribution in [0.1, 0.15) is 11.3 Å². The maximum Gasteiger partial charge on any atom is 0.413 e. The van der Waals surface area contributed by atoms with Gasteiger partial charge >= 0.3 is 12.1 Å². The number of nitrogens with one attached hydrogen (secondary N) is 2. The van der Waals surface area contributed by atoms with Crippen molar-refractivity contribution in [2.45, 2.75) is 36.1 Å². The zero-order valence-electron chi connectivity index (χ0n) is 24.9. The average Bonchev–Trinajstić information content (AvgIpc) is 3.68. The number of nitro groups is 1. The Bertz CT molecular complexity index is 1710. The summed E-state index contributed by atoms with van der Waals surface area (Å²) in [4.78, 5) is 67.9. The minimum atomic E-state index is -1.23. The number of non-ortho nitro benzene ring substituents is 1. The normalized spacial score (nSPS) is 17.3. The maximum absolute atomic E-state index is 13.1. The predicted octanol–water partition coefficient (Wildman–Crippen LogP) is 1.42. The number of tetrazole rings is 1. The molecule has 0 spiro atoms. The first-order valence-electron chi connectivity index (χ1n) is 13.8. The number of hydrogen-bond donors (Lipinski definition) is 3. The number of aromatic nitrogens is 5. The molecule has 1 fully saturated rings. The first kappa shape index (κ1) is 33.8. The molecule has 1 aromatic carbocycles. The van der Waals surface area contributed by atoms with Gasteiger partial charge in [0.1, 0.15) is 23.7 Å². The number of anilines is 1. The van der Waals surface area contributed by atoms with Crippen molar-refractivity contribution in [3.63, 3.8) is 0 Å². The zero-order valence-corrected chi connectivity index (χ0v) is 27.3. The van der Waals surface area contributed by atoms with Gasteiger partial charge in [-0.2, -0.15) is 0 Å². The summed E-state index contributed by atoms with van der Waals surface area (Å²) in [5.74, 6) is -1.63. The zero-order chi connectivity index (χ0) is 33.7. The van der Waals surface area contributed by atoms with Gasteiger partial charge in [-0.3, -0.25) is 29.9 Å². The number of aliphatic carboxylic acids is 1. The lowest BCUT2D eigenvalue weighted by atomic mass is 10.0. The second-order valence-corrected chi connectivity index (χ2v) is 13.3. The number of fused-ring (bicyclic) bond motifs is 1. The maximum atomic E-state index is 13.1. The fraction of sp³-hybridized carbons (Fsp3) is 0.385. The fourth-order valence-corrected chi connectivity index (χ4v) is 7.59. The molecule has 2 aromatic heterocycles. The summed E-state index contributed by atoms with van der Waals surface area (Å²) in [5.41, 5.74) is 1.27. The number of benzene rings is 1. The smallest absolute Gasteiger partial charge is 0.413 e. The van der Waals surface area contributed by atoms with E-state index in [2.05, 4.69) is 31.1 Å². The monoisotopic (exact) mass is 704 g/mol. The molecule has 0 aliphatic carbocycles. The summed E-state index contributed by atoms with van der Waals surface area (Å²) in [6.45, 7) is 1.16. The summed E-state index contributed by atoms with van der Waals surface area (Å²) >= 11 is 3.72. The summed E-state index contributed by atoms with van der Waals surface area (Å²) in [5, 5.41) is 39.3. The molecule has 0 radical (unpaired) electrons. The van der Waals surface area contributed by atoms with Gasteiger partial charge in [-0.1, -0.05) is 11.8 Å². The van der Waals surface area contributed by atoms with Crippen LogP contribution in [0, 0.1) is 10.1 Å². The van der Waals surface area contributed by atoms with Crippen LogP contribution in [0.5, 0.6) is 0 Å². The second kappa shape index (κ2) is 14.9. The highest BCUT2D eigenvalue weighted by atomic mass is 32.2. The molecular weight excluding hydrogens is 677 g/mol. The Kier molecular flexibility index (Phi) is 10.7. The molecule has 3 amide bonds. The Morgan fingerprint density at radius 2 is 2.02 bits per heavy atom. The van der Waals surface area contributed by atoms with Crippen molar-refractivity contribution in [3.8, 4) is 0 Å². The number of rotatable bonds is 14. The van der Waals surface area contributed by atoms with Crippen LogP contribution in [-0.2, 0) is 38.7 Å². The number of ether oxygens (including phenoxy) is 1. The largest absolute Gasteiger partial charge is 0.477 e. The van der Waals surface area contributed by atoms with Gasteiger partial charge in [0.25, 0.3) is 11.6 Å². The topological polar surface area (TPSA) is 228 Å². The van der Waals surface area contributed by atoms with Crippen molar-refractivity contribution >= 4 is 69.6 Å². The van der Waals surface area contributed by atoms with Crippen LogP contribution in [0.3, 0.4) is 0 Å². The van der Waals surface area contributed by atoms with Crippen LogP contribution in [0.15, 0.2) is 46.1 Å². The SMILES string of the molecule is CN(C)CCn1nnnc1SCC1=C(C(=O)O)N2C(=O)C(NC(=O)Cc3csc(NC(=O)OCc4ccc([N+](=O)[O-])cc4)n3)[C@@H]2SC1. The number of carboxylic acid groups (broad SMARTS) is 1. The summed E-state index contributed by atoms with van der Waals surface area (Å²) in [7, 11) is 3.86. The van der Waals surface area contributed by atoms with Crippen LogP contribution < -0.4 is 10.6 Å². The quantitative estimate of drug-likeness (QED) is 0.0933. The number of nitro benzene ring substituents is 1. The third kappa shape index (κ3) is 8.22. The van der Waals surface area contributed by atoms with Gasteiger partial charge in [-0.15, -0.1) is 28.2 Å². The van der Waals surface area contributed by atoms with Crippen LogP contribution in [0.4, 0.5) is 15.6 Å². The number of thioether (sulfide) groups is 2. The van der Waals surface area contributed by atoms with E-state index in [4.69, 9.17) is 4.74 Å². The molecule has 0 saturated carbocycles. The van der Waals surface area contributed by atoms with E-state index in [1.807, 2.05) is 19.0 Å². The number of carboxylic acids is 1. The van der Waals surface area contributed by atoms with E-state index in [1.165, 1.54) is 52.7 Å². The molecule has 5 rings (SSSR count). The Morgan fingerprint density at radius 1 is 1.26 bits per heavy atom. The van der Waals surface area contributed by atoms with Gasteiger partial charge in [-0.05, 0) is 47.8 Å². The molecule has 3 N–H and O–H groups in total. The summed E-state index contributed by atoms with van der Waals surface area (Å²) in [6.07, 6.45) is -0.977. The third-order valence-electron chi connectivity index (χ3n) is 6.82. The van der Waals surface area contributed by atoms with E-state index in [0.29, 0.717) is 34.3 Å². The highest BCUT2D eigenvalue weighted by molar-refractivity contribution is 8.01. The van der Waals surface area contributed by atoms with E-state index in [-0.39, 0.29) is 35.3 Å². The molecule has 1 unspecified atom stereocenters. The Labute approximate surface area is 279 Å². The van der Waals surface area contributed by atoms with Crippen LogP contribution in [0.25, 0.3) is 0 Å². The van der Waals surface area contributed by atoms with Gasteiger partial charge in [0, 0.05) is 35.6 Å². The molecule has 2 aliphatic heterocycles. The number of thiazole rings is 1. The lowest BCUT2D eigenvalue weighted by Crippen LogP contribution is -2.70. The van der Waals surface area contributed by atoms with Crippen LogP contribution in [-0.4, -0.2) is 112 Å². The predicted molar refractivity (Wildman–Crippen MR) is 170 cm³/mol. The number of β-lactam (4-membered cyclic amide) rings is 1. The molecule has 2 aliphatic rings. The van der Waals surface area contributed by atoms with Gasteiger partial charge in [0.2, 0.25) is 11.1 Å². The standard InChI is InChI=1S/C26H28N10O8S3/c1-33(2)7-8-34-25(30-31-32-34)47-12-15-11-45-22-19(21(38)35(22)20(15)23(39)40)28-18(37)9-16-13-46-24(27-16)29-26(41)44-10-14-3-5-17(6-4-14)36(42)43/h3-6,13,19,22H,7-12H2,1-2H3,(H,28,37)(H,39,40)(H,27,29,41)/t19?,22-/m0/s1. The highest BCUT2D eigenvalue weighted by Crippen LogP contribution is 2.41. The number of likely N-dealkylation sites (N-methyl/N-ethyl adjacent to an activating group) is 1. The molecule has 2 atom stereocenters. The Balaban J connectivity index is 1.11. The minimum absolute atomic E-state index is 0.0809. The average molecular weight is 705 g/mol. The van der Waals surface area contributed by atoms with Crippen molar-refractivity contribution in [1.82, 2.24) is 40.3 Å². The van der Waals surface area contributed by atoms with Crippen molar-refractivity contribution < 1.29 is 33.9 Å². The van der Waals surface area contributed by atoms with Crippen molar-refractivity contribution in [3.05, 3.63) is 62.3 Å². The molecule has 21 heteroatoms. The molecule has 47 heavy (non-hydrogen) atoms.